The average molecular weight is 427 g/mol. The number of carbonyl (C=O) groups is 2. The van der Waals surface area contributed by atoms with Crippen LogP contribution in [-0.4, -0.2) is 23.1 Å². The molecule has 0 aliphatic carbocycles. The molecule has 26 heavy (non-hydrogen) atoms. The largest absolute Gasteiger partial charge is 0.301 e. The molecule has 0 radical (unpaired) electrons. The van der Waals surface area contributed by atoms with E-state index in [0.717, 1.165) is 0 Å². The third-order valence-corrected chi connectivity index (χ3v) is 4.93. The minimum absolute atomic E-state index is 0.00670. The molecule has 2 aromatic carbocycles. The Bertz CT molecular complexity index is 931. The van der Waals surface area contributed by atoms with Gasteiger partial charge in [-0.2, -0.15) is 0 Å². The minimum Gasteiger partial charge on any atom is -0.301 e. The molecule has 1 aliphatic rings. The van der Waals surface area contributed by atoms with Crippen molar-refractivity contribution >= 4 is 81.5 Å². The van der Waals surface area contributed by atoms with E-state index in [-0.39, 0.29) is 10.1 Å². The van der Waals surface area contributed by atoms with Gasteiger partial charge in [0.25, 0.3) is 5.91 Å². The summed E-state index contributed by atoms with van der Waals surface area (Å²) < 4.78 is 0. The Labute approximate surface area is 169 Å². The summed E-state index contributed by atoms with van der Waals surface area (Å²) in [4.78, 5) is 30.4. The molecule has 0 saturated carbocycles. The molecule has 1 aliphatic heterocycles. The number of aliphatic imine (C=N–C) groups is 1. The molecule has 2 amide bonds. The molecular weight excluding hydrogens is 417 g/mol. The van der Waals surface area contributed by atoms with Gasteiger partial charge in [0.1, 0.15) is 0 Å². The summed E-state index contributed by atoms with van der Waals surface area (Å²) in [6.07, 6.45) is 1.22. The van der Waals surface area contributed by atoms with Crippen molar-refractivity contribution in [2.45, 2.75) is 0 Å². The number of amides is 2. The lowest BCUT2D eigenvalue weighted by molar-refractivity contribution is -0.130. The number of nitrogens with one attached hydrogen (secondary N) is 1. The zero-order valence-corrected chi connectivity index (χ0v) is 16.0. The van der Waals surface area contributed by atoms with Crippen LogP contribution in [0.4, 0.5) is 11.4 Å². The van der Waals surface area contributed by atoms with Crippen LogP contribution in [0.25, 0.3) is 0 Å². The molecule has 5 nitrogen and oxygen atoms in total. The Balaban J connectivity index is 1.91. The van der Waals surface area contributed by atoms with Crippen LogP contribution in [0.2, 0.25) is 15.1 Å². The van der Waals surface area contributed by atoms with Gasteiger partial charge in [-0.1, -0.05) is 40.9 Å². The maximum atomic E-state index is 12.8. The van der Waals surface area contributed by atoms with E-state index in [1.54, 1.807) is 42.5 Å². The van der Waals surface area contributed by atoms with E-state index in [9.17, 15) is 9.59 Å². The van der Waals surface area contributed by atoms with Crippen LogP contribution in [-0.2, 0) is 9.59 Å². The van der Waals surface area contributed by atoms with Crippen LogP contribution >= 0.6 is 47.0 Å². The van der Waals surface area contributed by atoms with Gasteiger partial charge in [0, 0.05) is 11.2 Å². The quantitative estimate of drug-likeness (QED) is 0.449. The van der Waals surface area contributed by atoms with Gasteiger partial charge in [0.2, 0.25) is 5.91 Å². The highest BCUT2D eigenvalue weighted by atomic mass is 35.5. The van der Waals surface area contributed by atoms with E-state index in [0.29, 0.717) is 21.4 Å². The first-order valence-electron chi connectivity index (χ1n) is 7.31. The molecule has 0 bridgehead atoms. The standard InChI is InChI=1S/C17H10Cl3N3O2S/c18-9-4-6-10(7-5-9)23-16(25)11(15(24)22-17(23)26)8-21-13-3-1-2-12(19)14(13)20/h1-8,11H,(H,22,24,26)/t11-/m1/s1. The molecule has 1 atom stereocenters. The van der Waals surface area contributed by atoms with Gasteiger partial charge in [-0.3, -0.25) is 19.5 Å². The van der Waals surface area contributed by atoms with Gasteiger partial charge in [0.05, 0.1) is 21.4 Å². The van der Waals surface area contributed by atoms with Gasteiger partial charge >= 0.3 is 0 Å². The summed E-state index contributed by atoms with van der Waals surface area (Å²) in [6, 6.07) is 11.4. The summed E-state index contributed by atoms with van der Waals surface area (Å²) in [6.45, 7) is 0. The van der Waals surface area contributed by atoms with Crippen molar-refractivity contribution in [1.29, 1.82) is 0 Å². The Kier molecular flexibility index (Phi) is 5.58. The zero-order chi connectivity index (χ0) is 18.8. The minimum atomic E-state index is -1.16. The monoisotopic (exact) mass is 425 g/mol. The van der Waals surface area contributed by atoms with Gasteiger partial charge in [-0.15, -0.1) is 0 Å². The smallest absolute Gasteiger partial charge is 0.251 e. The number of rotatable bonds is 3. The normalized spacial score (nSPS) is 17.7. The van der Waals surface area contributed by atoms with E-state index >= 15 is 0 Å². The third-order valence-electron chi connectivity index (χ3n) is 3.58. The first-order valence-corrected chi connectivity index (χ1v) is 8.85. The molecule has 1 fully saturated rings. The van der Waals surface area contributed by atoms with Gasteiger partial charge in [-0.25, -0.2) is 0 Å². The summed E-state index contributed by atoms with van der Waals surface area (Å²) >= 11 is 23.0. The fourth-order valence-electron chi connectivity index (χ4n) is 2.30. The predicted molar refractivity (Wildman–Crippen MR) is 108 cm³/mol. The second kappa shape index (κ2) is 7.72. The number of thiocarbonyl (C=S) groups is 1. The molecule has 132 valence electrons. The average Bonchev–Trinajstić information content (AvgIpc) is 2.59. The molecule has 1 heterocycles. The topological polar surface area (TPSA) is 61.8 Å². The molecule has 0 unspecified atom stereocenters. The third kappa shape index (κ3) is 3.73. The highest BCUT2D eigenvalue weighted by Crippen LogP contribution is 2.32. The maximum Gasteiger partial charge on any atom is 0.251 e. The van der Waals surface area contributed by atoms with Gasteiger partial charge in [-0.05, 0) is 48.6 Å². The van der Waals surface area contributed by atoms with E-state index in [1.807, 2.05) is 0 Å². The predicted octanol–water partition coefficient (Wildman–Crippen LogP) is 4.41. The van der Waals surface area contributed by atoms with Crippen LogP contribution in [0.15, 0.2) is 47.5 Å². The number of benzene rings is 2. The molecule has 3 rings (SSSR count). The first kappa shape index (κ1) is 18.8. The Hall–Kier alpha value is -1.99. The fraction of sp³-hybridized carbons (Fsp3) is 0.0588. The summed E-state index contributed by atoms with van der Waals surface area (Å²) in [5, 5.41) is 3.57. The number of hydrogen-bond acceptors (Lipinski definition) is 4. The van der Waals surface area contributed by atoms with E-state index < -0.39 is 17.7 Å². The van der Waals surface area contributed by atoms with Crippen molar-refractivity contribution in [2.24, 2.45) is 10.9 Å². The van der Waals surface area contributed by atoms with Crippen LogP contribution in [0.1, 0.15) is 0 Å². The van der Waals surface area contributed by atoms with Gasteiger partial charge in [0.15, 0.2) is 11.0 Å². The van der Waals surface area contributed by atoms with E-state index in [2.05, 4.69) is 10.3 Å². The highest BCUT2D eigenvalue weighted by molar-refractivity contribution is 7.80. The first-order chi connectivity index (χ1) is 12.4. The molecule has 0 aromatic heterocycles. The lowest BCUT2D eigenvalue weighted by atomic mass is 10.1. The van der Waals surface area contributed by atoms with E-state index in [1.165, 1.54) is 11.1 Å². The Morgan fingerprint density at radius 2 is 1.77 bits per heavy atom. The zero-order valence-electron chi connectivity index (χ0n) is 12.9. The van der Waals surface area contributed by atoms with Crippen LogP contribution in [0.3, 0.4) is 0 Å². The second-order valence-electron chi connectivity index (χ2n) is 5.27. The Morgan fingerprint density at radius 3 is 2.46 bits per heavy atom. The molecule has 0 spiro atoms. The van der Waals surface area contributed by atoms with Crippen LogP contribution in [0, 0.1) is 5.92 Å². The van der Waals surface area contributed by atoms with Crippen molar-refractivity contribution in [3.63, 3.8) is 0 Å². The number of carbonyl (C=O) groups excluding carboxylic acids is 2. The van der Waals surface area contributed by atoms with Crippen LogP contribution < -0.4 is 10.2 Å². The van der Waals surface area contributed by atoms with Gasteiger partial charge < -0.3 is 5.32 Å². The second-order valence-corrected chi connectivity index (χ2v) is 6.88. The maximum absolute atomic E-state index is 12.8. The molecule has 1 N–H and O–H groups in total. The summed E-state index contributed by atoms with van der Waals surface area (Å²) in [5.41, 5.74) is 0.842. The molecule has 9 heteroatoms. The lowest BCUT2D eigenvalue weighted by Crippen LogP contribution is -2.58. The highest BCUT2D eigenvalue weighted by Gasteiger charge is 2.38. The molecule has 2 aromatic rings. The van der Waals surface area contributed by atoms with E-state index in [4.69, 9.17) is 47.0 Å². The fourth-order valence-corrected chi connectivity index (χ4v) is 3.07. The lowest BCUT2D eigenvalue weighted by Gasteiger charge is -2.30. The van der Waals surface area contributed by atoms with Crippen molar-refractivity contribution in [3.05, 3.63) is 57.5 Å². The number of anilines is 1. The molecule has 1 saturated heterocycles. The number of hydrogen-bond donors (Lipinski definition) is 1. The molecular formula is C17H10Cl3N3O2S. The summed E-state index contributed by atoms with van der Waals surface area (Å²) in [5.74, 6) is -2.25. The van der Waals surface area contributed by atoms with Crippen molar-refractivity contribution in [3.8, 4) is 0 Å². The number of halogens is 3. The van der Waals surface area contributed by atoms with Crippen molar-refractivity contribution in [1.82, 2.24) is 5.32 Å². The van der Waals surface area contributed by atoms with Crippen LogP contribution in [0.5, 0.6) is 0 Å². The summed E-state index contributed by atoms with van der Waals surface area (Å²) in [7, 11) is 0. The van der Waals surface area contributed by atoms with Crippen molar-refractivity contribution < 1.29 is 9.59 Å². The Morgan fingerprint density at radius 1 is 1.08 bits per heavy atom. The SMILES string of the molecule is O=C1NC(=S)N(c2ccc(Cl)cc2)C(=O)[C@@H]1C=Nc1cccc(Cl)c1Cl. The van der Waals surface area contributed by atoms with Crippen molar-refractivity contribution in [2.75, 3.05) is 4.90 Å². The number of nitrogens with zero attached hydrogens (tertiary/aromatic N) is 2.